The van der Waals surface area contributed by atoms with Gasteiger partial charge in [-0.2, -0.15) is 13.2 Å². The van der Waals surface area contributed by atoms with Crippen molar-refractivity contribution >= 4 is 28.6 Å². The fraction of sp³-hybridized carbons (Fsp3) is 0.387. The van der Waals surface area contributed by atoms with E-state index in [2.05, 4.69) is 25.2 Å². The van der Waals surface area contributed by atoms with Crippen LogP contribution in [0.5, 0.6) is 17.2 Å². The number of methoxy groups -OCH3 is 1. The molecule has 4 heterocycles. The van der Waals surface area contributed by atoms with Crippen LogP contribution in [0, 0.1) is 13.8 Å². The number of nitrogens with zero attached hydrogens (tertiary/aromatic N) is 4. The lowest BCUT2D eigenvalue weighted by molar-refractivity contribution is -0.128. The van der Waals surface area contributed by atoms with E-state index < -0.39 is 12.6 Å². The van der Waals surface area contributed by atoms with E-state index in [9.17, 15) is 18.0 Å². The number of H-pyrrole nitrogens is 1. The van der Waals surface area contributed by atoms with Gasteiger partial charge in [-0.3, -0.25) is 0 Å². The van der Waals surface area contributed by atoms with Gasteiger partial charge in [0.15, 0.2) is 0 Å². The second-order valence-electron chi connectivity index (χ2n) is 11.1. The number of hydrogen-bond donors (Lipinski definition) is 2. The van der Waals surface area contributed by atoms with Gasteiger partial charge >= 0.3 is 12.2 Å². The first kappa shape index (κ1) is 28.6. The van der Waals surface area contributed by atoms with Gasteiger partial charge in [0.05, 0.1) is 18.1 Å². The standard InChI is InChI=1S/C31H33F3N6O3/c1-18-12-23(14-25-29(18)38-27(36-25)16-31(32,33)34)43-26-15-28(35-17-19(26)2)39-9-7-21(8-10-39)40-11-6-20-13-22(42-3)4-5-24(20)37-30(40)41/h4-5,12-15,17,21H,6-11,16H2,1-3H3,(H,36,38)(H,37,41). The lowest BCUT2D eigenvalue weighted by atomic mass is 10.0. The molecule has 2 amide bonds. The summed E-state index contributed by atoms with van der Waals surface area (Å²) in [6, 6.07) is 11.1. The average Bonchev–Trinajstić information content (AvgIpc) is 3.28. The van der Waals surface area contributed by atoms with Crippen LogP contribution >= 0.6 is 0 Å². The predicted molar refractivity (Wildman–Crippen MR) is 157 cm³/mol. The Bertz CT molecular complexity index is 1660. The van der Waals surface area contributed by atoms with E-state index in [0.717, 1.165) is 60.7 Å². The van der Waals surface area contributed by atoms with Crippen LogP contribution in [0.25, 0.3) is 11.0 Å². The molecule has 2 aromatic carbocycles. The number of carbonyl (C=O) groups is 1. The highest BCUT2D eigenvalue weighted by molar-refractivity contribution is 5.91. The van der Waals surface area contributed by atoms with Crippen molar-refractivity contribution in [2.24, 2.45) is 0 Å². The first-order chi connectivity index (χ1) is 20.6. The number of amides is 2. The highest BCUT2D eigenvalue weighted by atomic mass is 19.4. The minimum absolute atomic E-state index is 0.0819. The third-order valence-electron chi connectivity index (χ3n) is 8.10. The quantitative estimate of drug-likeness (QED) is 0.263. The van der Waals surface area contributed by atoms with Crippen molar-refractivity contribution in [3.63, 3.8) is 0 Å². The highest BCUT2D eigenvalue weighted by Crippen LogP contribution is 2.33. The number of piperidine rings is 1. The Labute approximate surface area is 247 Å². The zero-order chi connectivity index (χ0) is 30.3. The molecule has 43 heavy (non-hydrogen) atoms. The zero-order valence-electron chi connectivity index (χ0n) is 24.2. The number of rotatable bonds is 6. The maximum atomic E-state index is 13.1. The normalized spacial score (nSPS) is 16.2. The summed E-state index contributed by atoms with van der Waals surface area (Å²) in [5.41, 5.74) is 4.41. The predicted octanol–water partition coefficient (Wildman–Crippen LogP) is 6.54. The molecule has 0 bridgehead atoms. The molecule has 1 saturated heterocycles. The molecule has 1 fully saturated rings. The molecule has 6 rings (SSSR count). The third kappa shape index (κ3) is 6.18. The number of carbonyl (C=O) groups excluding carboxylic acids is 1. The van der Waals surface area contributed by atoms with Crippen molar-refractivity contribution in [2.45, 2.75) is 51.7 Å². The maximum Gasteiger partial charge on any atom is 0.396 e. The van der Waals surface area contributed by atoms with Crippen LogP contribution in [0.1, 0.15) is 35.4 Å². The van der Waals surface area contributed by atoms with Crippen LogP contribution in [0.3, 0.4) is 0 Å². The van der Waals surface area contributed by atoms with Gasteiger partial charge in [-0.25, -0.2) is 14.8 Å². The van der Waals surface area contributed by atoms with Gasteiger partial charge in [0.1, 0.15) is 35.3 Å². The second kappa shape index (κ2) is 11.3. The molecular weight excluding hydrogens is 561 g/mol. The number of urea groups is 1. The number of alkyl halides is 3. The van der Waals surface area contributed by atoms with Gasteiger partial charge in [0.25, 0.3) is 0 Å². The Morgan fingerprint density at radius 1 is 1.02 bits per heavy atom. The first-order valence-corrected chi connectivity index (χ1v) is 14.3. The summed E-state index contributed by atoms with van der Waals surface area (Å²) in [6.45, 7) is 5.78. The summed E-state index contributed by atoms with van der Waals surface area (Å²) < 4.78 is 50.2. The van der Waals surface area contributed by atoms with Crippen LogP contribution in [-0.2, 0) is 12.8 Å². The average molecular weight is 595 g/mol. The van der Waals surface area contributed by atoms with Crippen LogP contribution in [0.15, 0.2) is 42.6 Å². The molecule has 0 atom stereocenters. The number of benzene rings is 2. The molecule has 0 saturated carbocycles. The van der Waals surface area contributed by atoms with Crippen LogP contribution in [-0.4, -0.2) is 64.8 Å². The monoisotopic (exact) mass is 594 g/mol. The van der Waals surface area contributed by atoms with Crippen molar-refractivity contribution in [2.75, 3.05) is 37.0 Å². The number of imidazole rings is 1. The van der Waals surface area contributed by atoms with Crippen molar-refractivity contribution in [1.29, 1.82) is 0 Å². The van der Waals surface area contributed by atoms with E-state index in [4.69, 9.17) is 9.47 Å². The molecule has 0 spiro atoms. The third-order valence-corrected chi connectivity index (χ3v) is 8.10. The molecule has 0 radical (unpaired) electrons. The van der Waals surface area contributed by atoms with E-state index in [1.54, 1.807) is 32.4 Å². The molecule has 12 heteroatoms. The summed E-state index contributed by atoms with van der Waals surface area (Å²) >= 11 is 0. The van der Waals surface area contributed by atoms with Gasteiger partial charge in [-0.05, 0) is 68.5 Å². The minimum Gasteiger partial charge on any atom is -0.497 e. The summed E-state index contributed by atoms with van der Waals surface area (Å²) in [5, 5.41) is 3.06. The molecular formula is C31H33F3N6O3. The fourth-order valence-electron chi connectivity index (χ4n) is 5.86. The Hall–Kier alpha value is -4.48. The number of nitrogens with one attached hydrogen (secondary N) is 2. The molecule has 2 aromatic heterocycles. The van der Waals surface area contributed by atoms with Gasteiger partial charge in [0, 0.05) is 55.3 Å². The SMILES string of the molecule is COc1ccc2c(c1)CCN(C1CCN(c3cc(Oc4cc(C)c5nc(CC(F)(F)F)[nH]c5c4)c(C)cn3)CC1)C(=O)N2. The molecule has 2 N–H and O–H groups in total. The van der Waals surface area contributed by atoms with Gasteiger partial charge < -0.3 is 29.6 Å². The number of pyridine rings is 1. The van der Waals surface area contributed by atoms with Crippen LogP contribution in [0.2, 0.25) is 0 Å². The molecule has 9 nitrogen and oxygen atoms in total. The fourth-order valence-corrected chi connectivity index (χ4v) is 5.86. The van der Waals surface area contributed by atoms with Gasteiger partial charge in [-0.1, -0.05) is 0 Å². The Balaban J connectivity index is 1.12. The number of ether oxygens (including phenoxy) is 2. The Kier molecular flexibility index (Phi) is 7.53. The van der Waals surface area contributed by atoms with E-state index in [1.807, 2.05) is 36.1 Å². The van der Waals surface area contributed by atoms with E-state index in [-0.39, 0.29) is 17.9 Å². The van der Waals surface area contributed by atoms with Crippen molar-refractivity contribution in [3.05, 3.63) is 65.1 Å². The molecule has 0 unspecified atom stereocenters. The largest absolute Gasteiger partial charge is 0.497 e. The molecule has 2 aliphatic rings. The lowest BCUT2D eigenvalue weighted by Gasteiger charge is -2.38. The minimum atomic E-state index is -4.35. The number of aromatic nitrogens is 3. The number of aromatic amines is 1. The van der Waals surface area contributed by atoms with Gasteiger partial charge in [0.2, 0.25) is 0 Å². The maximum absolute atomic E-state index is 13.1. The number of fused-ring (bicyclic) bond motifs is 2. The van der Waals surface area contributed by atoms with Crippen LogP contribution < -0.4 is 19.7 Å². The number of aryl methyl sites for hydroxylation is 2. The topological polar surface area (TPSA) is 95.6 Å². The van der Waals surface area contributed by atoms with Crippen molar-refractivity contribution in [3.8, 4) is 17.2 Å². The summed E-state index contributed by atoms with van der Waals surface area (Å²) in [7, 11) is 1.63. The molecule has 0 aliphatic carbocycles. The molecule has 2 aliphatic heterocycles. The summed E-state index contributed by atoms with van der Waals surface area (Å²) in [6.07, 6.45) is -1.36. The van der Waals surface area contributed by atoms with E-state index in [0.29, 0.717) is 34.6 Å². The summed E-state index contributed by atoms with van der Waals surface area (Å²) in [5.74, 6) is 2.52. The zero-order valence-corrected chi connectivity index (χ0v) is 24.2. The van der Waals surface area contributed by atoms with Crippen molar-refractivity contribution in [1.82, 2.24) is 19.9 Å². The number of hydrogen-bond acceptors (Lipinski definition) is 6. The number of anilines is 2. The Morgan fingerprint density at radius 2 is 1.81 bits per heavy atom. The number of halogens is 3. The van der Waals surface area contributed by atoms with E-state index in [1.165, 1.54) is 0 Å². The summed E-state index contributed by atoms with van der Waals surface area (Å²) in [4.78, 5) is 28.8. The molecule has 4 aromatic rings. The Morgan fingerprint density at radius 3 is 2.56 bits per heavy atom. The smallest absolute Gasteiger partial charge is 0.396 e. The molecule has 226 valence electrons. The second-order valence-corrected chi connectivity index (χ2v) is 11.1. The van der Waals surface area contributed by atoms with Crippen LogP contribution in [0.4, 0.5) is 29.5 Å². The van der Waals surface area contributed by atoms with Gasteiger partial charge in [-0.15, -0.1) is 0 Å². The lowest BCUT2D eigenvalue weighted by Crippen LogP contribution is -2.49. The highest BCUT2D eigenvalue weighted by Gasteiger charge is 2.31. The van der Waals surface area contributed by atoms with E-state index >= 15 is 0 Å². The first-order valence-electron chi connectivity index (χ1n) is 14.3. The van der Waals surface area contributed by atoms with Crippen molar-refractivity contribution < 1.29 is 27.4 Å².